The van der Waals surface area contributed by atoms with Gasteiger partial charge in [-0.15, -0.1) is 0 Å². The van der Waals surface area contributed by atoms with E-state index in [1.54, 1.807) is 7.05 Å². The van der Waals surface area contributed by atoms with Crippen LogP contribution >= 0.6 is 0 Å². The zero-order chi connectivity index (χ0) is 11.0. The number of sulfone groups is 1. The van der Waals surface area contributed by atoms with Crippen LogP contribution in [0, 0.1) is 0 Å². The van der Waals surface area contributed by atoms with E-state index in [-0.39, 0.29) is 23.7 Å². The Morgan fingerprint density at radius 3 is 2.36 bits per heavy atom. The normalized spacial score (nSPS) is 11.6. The summed E-state index contributed by atoms with van der Waals surface area (Å²) in [5, 5.41) is 2.85. The Balaban J connectivity index is 3.76. The molecule has 0 amide bonds. The molecule has 0 aliphatic carbocycles. The van der Waals surface area contributed by atoms with Gasteiger partial charge in [-0.2, -0.15) is 0 Å². The maximum atomic E-state index is 11.2. The number of nitrogens with one attached hydrogen (secondary N) is 1. The highest BCUT2D eigenvalue weighted by Crippen LogP contribution is 1.98. The smallest absolute Gasteiger partial charge is 0.150 e. The maximum Gasteiger partial charge on any atom is 0.150 e. The van der Waals surface area contributed by atoms with Crippen LogP contribution in [0.25, 0.3) is 0 Å². The van der Waals surface area contributed by atoms with Gasteiger partial charge in [-0.1, -0.05) is 6.92 Å². The third-order valence-corrected chi connectivity index (χ3v) is 3.72. The van der Waals surface area contributed by atoms with Gasteiger partial charge in [0.15, 0.2) is 9.84 Å². The molecule has 0 fully saturated rings. The summed E-state index contributed by atoms with van der Waals surface area (Å²) >= 11 is 0. The minimum absolute atomic E-state index is 0.00336. The SMILES string of the molecule is CCCS(=O)(=O)CCC(=O)CCNC. The molecule has 1 N–H and O–H groups in total. The second-order valence-corrected chi connectivity index (χ2v) is 5.60. The van der Waals surface area contributed by atoms with Gasteiger partial charge in [0.1, 0.15) is 5.78 Å². The number of carbonyl (C=O) groups is 1. The van der Waals surface area contributed by atoms with Crippen LogP contribution in [0.15, 0.2) is 0 Å². The predicted molar refractivity (Wildman–Crippen MR) is 57.1 cm³/mol. The lowest BCUT2D eigenvalue weighted by atomic mass is 10.2. The minimum Gasteiger partial charge on any atom is -0.319 e. The molecule has 84 valence electrons. The van der Waals surface area contributed by atoms with Gasteiger partial charge in [0, 0.05) is 25.1 Å². The minimum atomic E-state index is -2.99. The van der Waals surface area contributed by atoms with Crippen molar-refractivity contribution in [2.24, 2.45) is 0 Å². The largest absolute Gasteiger partial charge is 0.319 e. The van der Waals surface area contributed by atoms with Gasteiger partial charge in [0.05, 0.1) is 5.75 Å². The molecule has 0 atom stereocenters. The van der Waals surface area contributed by atoms with Gasteiger partial charge in [-0.25, -0.2) is 8.42 Å². The molecule has 0 radical (unpaired) electrons. The van der Waals surface area contributed by atoms with E-state index in [0.717, 1.165) is 0 Å². The fourth-order valence-corrected chi connectivity index (χ4v) is 2.44. The second-order valence-electron chi connectivity index (χ2n) is 3.29. The topological polar surface area (TPSA) is 63.2 Å². The van der Waals surface area contributed by atoms with E-state index < -0.39 is 9.84 Å². The first kappa shape index (κ1) is 13.6. The maximum absolute atomic E-state index is 11.2. The van der Waals surface area contributed by atoms with Gasteiger partial charge < -0.3 is 5.32 Å². The molecule has 0 unspecified atom stereocenters. The summed E-state index contributed by atoms with van der Waals surface area (Å²) < 4.78 is 22.5. The average Bonchev–Trinajstić information content (AvgIpc) is 2.11. The van der Waals surface area contributed by atoms with Crippen LogP contribution < -0.4 is 5.32 Å². The van der Waals surface area contributed by atoms with E-state index in [4.69, 9.17) is 0 Å². The molecule has 14 heavy (non-hydrogen) atoms. The van der Waals surface area contributed by atoms with E-state index in [0.29, 0.717) is 19.4 Å². The van der Waals surface area contributed by atoms with Crippen molar-refractivity contribution in [1.29, 1.82) is 0 Å². The van der Waals surface area contributed by atoms with Crippen molar-refractivity contribution in [2.75, 3.05) is 25.1 Å². The molecule has 0 saturated carbocycles. The van der Waals surface area contributed by atoms with E-state index in [9.17, 15) is 13.2 Å². The molecule has 4 nitrogen and oxygen atoms in total. The van der Waals surface area contributed by atoms with Crippen LogP contribution in [0.3, 0.4) is 0 Å². The number of hydrogen-bond acceptors (Lipinski definition) is 4. The Morgan fingerprint density at radius 2 is 1.86 bits per heavy atom. The van der Waals surface area contributed by atoms with Gasteiger partial charge in [0.25, 0.3) is 0 Å². The number of Topliss-reactive ketones (excluding diaryl/α,β-unsaturated/α-hetero) is 1. The number of rotatable bonds is 8. The lowest BCUT2D eigenvalue weighted by Gasteiger charge is -2.02. The van der Waals surface area contributed by atoms with Crippen LogP contribution in [0.4, 0.5) is 0 Å². The number of carbonyl (C=O) groups excluding carboxylic acids is 1. The van der Waals surface area contributed by atoms with E-state index in [1.807, 2.05) is 6.92 Å². The van der Waals surface area contributed by atoms with Gasteiger partial charge in [-0.05, 0) is 13.5 Å². The second kappa shape index (κ2) is 6.95. The molecule has 0 aliphatic rings. The molecule has 0 aromatic carbocycles. The summed E-state index contributed by atoms with van der Waals surface area (Å²) in [5.41, 5.74) is 0. The van der Waals surface area contributed by atoms with Crippen LogP contribution in [-0.4, -0.2) is 39.3 Å². The third-order valence-electron chi connectivity index (χ3n) is 1.86. The average molecular weight is 221 g/mol. The van der Waals surface area contributed by atoms with Crippen molar-refractivity contribution in [2.45, 2.75) is 26.2 Å². The van der Waals surface area contributed by atoms with E-state index in [2.05, 4.69) is 5.32 Å². The zero-order valence-electron chi connectivity index (χ0n) is 8.88. The third kappa shape index (κ3) is 7.03. The monoisotopic (exact) mass is 221 g/mol. The zero-order valence-corrected chi connectivity index (χ0v) is 9.69. The number of hydrogen-bond donors (Lipinski definition) is 1. The highest BCUT2D eigenvalue weighted by molar-refractivity contribution is 7.91. The summed E-state index contributed by atoms with van der Waals surface area (Å²) in [5.74, 6) is 0.203. The lowest BCUT2D eigenvalue weighted by molar-refractivity contribution is -0.118. The lowest BCUT2D eigenvalue weighted by Crippen LogP contribution is -2.17. The summed E-state index contributed by atoms with van der Waals surface area (Å²) in [6.45, 7) is 2.44. The Morgan fingerprint density at radius 1 is 1.21 bits per heavy atom. The molecule has 0 aromatic rings. The number of ketones is 1. The van der Waals surface area contributed by atoms with Gasteiger partial charge >= 0.3 is 0 Å². The highest BCUT2D eigenvalue weighted by atomic mass is 32.2. The molecule has 0 saturated heterocycles. The summed E-state index contributed by atoms with van der Waals surface area (Å²) in [7, 11) is -1.23. The van der Waals surface area contributed by atoms with E-state index in [1.165, 1.54) is 0 Å². The van der Waals surface area contributed by atoms with Crippen LogP contribution in [-0.2, 0) is 14.6 Å². The standard InChI is InChI=1S/C9H19NO3S/c1-3-7-14(12,13)8-5-9(11)4-6-10-2/h10H,3-8H2,1-2H3. The molecule has 0 aliphatic heterocycles. The molecule has 0 rings (SSSR count). The van der Waals surface area contributed by atoms with Crippen molar-refractivity contribution >= 4 is 15.6 Å². The first-order valence-corrected chi connectivity index (χ1v) is 6.70. The fourth-order valence-electron chi connectivity index (χ4n) is 1.07. The Kier molecular flexibility index (Phi) is 6.74. The van der Waals surface area contributed by atoms with Crippen LogP contribution in [0.1, 0.15) is 26.2 Å². The van der Waals surface area contributed by atoms with Crippen LogP contribution in [0.5, 0.6) is 0 Å². The van der Waals surface area contributed by atoms with E-state index >= 15 is 0 Å². The fraction of sp³-hybridized carbons (Fsp3) is 0.889. The van der Waals surface area contributed by atoms with Crippen molar-refractivity contribution < 1.29 is 13.2 Å². The first-order valence-electron chi connectivity index (χ1n) is 4.88. The summed E-state index contributed by atoms with van der Waals surface area (Å²) in [6.07, 6.45) is 1.19. The quantitative estimate of drug-likeness (QED) is 0.643. The van der Waals surface area contributed by atoms with Crippen molar-refractivity contribution in [3.05, 3.63) is 0 Å². The van der Waals surface area contributed by atoms with Gasteiger partial charge in [0.2, 0.25) is 0 Å². The summed E-state index contributed by atoms with van der Waals surface area (Å²) in [6, 6.07) is 0. The Bertz CT molecular complexity index is 259. The first-order chi connectivity index (χ1) is 6.52. The summed E-state index contributed by atoms with van der Waals surface area (Å²) in [4.78, 5) is 11.1. The molecule has 5 heteroatoms. The predicted octanol–water partition coefficient (Wildman–Crippen LogP) is 0.380. The van der Waals surface area contributed by atoms with Crippen molar-refractivity contribution in [3.8, 4) is 0 Å². The highest BCUT2D eigenvalue weighted by Gasteiger charge is 2.11. The van der Waals surface area contributed by atoms with Crippen molar-refractivity contribution in [1.82, 2.24) is 5.32 Å². The molecule has 0 aromatic heterocycles. The Hall–Kier alpha value is -0.420. The molecule has 0 spiro atoms. The molecule has 0 bridgehead atoms. The van der Waals surface area contributed by atoms with Crippen LogP contribution in [0.2, 0.25) is 0 Å². The molecular weight excluding hydrogens is 202 g/mol. The van der Waals surface area contributed by atoms with Gasteiger partial charge in [-0.3, -0.25) is 4.79 Å². The molecular formula is C9H19NO3S. The van der Waals surface area contributed by atoms with Crippen molar-refractivity contribution in [3.63, 3.8) is 0 Å². The molecule has 0 heterocycles. The Labute approximate surface area is 86.0 Å².